The largest absolute Gasteiger partial charge is 0.508 e. The van der Waals surface area contributed by atoms with Crippen LogP contribution in [0.1, 0.15) is 16.7 Å². The smallest absolute Gasteiger partial charge is 0.334 e. The number of para-hydroxylation sites is 1. The number of amides is 4. The molecule has 0 radical (unpaired) electrons. The molecule has 2 aliphatic heterocycles. The number of urea groups is 1. The number of piperazine rings is 1. The minimum atomic E-state index is -0.846. The van der Waals surface area contributed by atoms with Crippen molar-refractivity contribution in [3.63, 3.8) is 0 Å². The van der Waals surface area contributed by atoms with Gasteiger partial charge in [0.15, 0.2) is 0 Å². The quantitative estimate of drug-likeness (QED) is 0.438. The fourth-order valence-corrected chi connectivity index (χ4v) is 6.11. The summed E-state index contributed by atoms with van der Waals surface area (Å²) in [5.41, 5.74) is 3.39. The zero-order valence-electron chi connectivity index (χ0n) is 23.9. The summed E-state index contributed by atoms with van der Waals surface area (Å²) >= 11 is 6.54. The van der Waals surface area contributed by atoms with Gasteiger partial charge in [-0.2, -0.15) is 0 Å². The van der Waals surface area contributed by atoms with Crippen LogP contribution in [-0.4, -0.2) is 89.2 Å². The molecular formula is C31H35ClN6O4. The lowest BCUT2D eigenvalue weighted by molar-refractivity contribution is -0.187. The number of phenolic OH excluding ortho intramolecular Hbond substituents is 1. The number of carbonyl (C=O) groups excluding carboxylic acids is 3. The molecule has 2 atom stereocenters. The van der Waals surface area contributed by atoms with Gasteiger partial charge in [0.05, 0.1) is 23.8 Å². The van der Waals surface area contributed by atoms with Gasteiger partial charge >= 0.3 is 6.03 Å². The number of halogens is 1. The number of rotatable bonds is 7. The standard InChI is InChI=1S/C31H35ClN6O4/c1-34(2)29-23(10-7-11-25(29)32)18-36-19-27-37(26(30(36)41)16-21-12-14-24(39)15-13-21)28(40)20-35(3)38(27)31(42)33-17-22-8-5-4-6-9-22/h4-15,26-27,39H,16-20H2,1-3H3,(H,33,42)/t26-,27?/m0/s1. The molecule has 2 saturated heterocycles. The van der Waals surface area contributed by atoms with E-state index in [0.717, 1.165) is 22.4 Å². The molecule has 2 fully saturated rings. The number of benzene rings is 3. The van der Waals surface area contributed by atoms with Crippen molar-refractivity contribution in [2.75, 3.05) is 39.1 Å². The van der Waals surface area contributed by atoms with Crippen LogP contribution in [0.25, 0.3) is 0 Å². The normalized spacial score (nSPS) is 19.1. The van der Waals surface area contributed by atoms with Gasteiger partial charge in [-0.3, -0.25) is 9.59 Å². The van der Waals surface area contributed by atoms with Crippen molar-refractivity contribution in [3.05, 3.63) is 94.5 Å². The van der Waals surface area contributed by atoms with E-state index >= 15 is 0 Å². The van der Waals surface area contributed by atoms with Gasteiger partial charge in [0.1, 0.15) is 18.0 Å². The van der Waals surface area contributed by atoms with E-state index in [-0.39, 0.29) is 49.7 Å². The molecule has 10 nitrogen and oxygen atoms in total. The second-order valence-corrected chi connectivity index (χ2v) is 11.2. The van der Waals surface area contributed by atoms with Crippen molar-refractivity contribution in [2.45, 2.75) is 31.7 Å². The van der Waals surface area contributed by atoms with E-state index in [1.54, 1.807) is 57.2 Å². The van der Waals surface area contributed by atoms with Gasteiger partial charge in [0.2, 0.25) is 11.8 Å². The maximum Gasteiger partial charge on any atom is 0.334 e. The van der Waals surface area contributed by atoms with Crippen LogP contribution in [0, 0.1) is 0 Å². The number of carbonyl (C=O) groups is 3. The molecule has 2 N–H and O–H groups in total. The second kappa shape index (κ2) is 12.3. The minimum Gasteiger partial charge on any atom is -0.508 e. The average molecular weight is 591 g/mol. The van der Waals surface area contributed by atoms with Crippen LogP contribution in [0.2, 0.25) is 5.02 Å². The highest BCUT2D eigenvalue weighted by atomic mass is 35.5. The maximum atomic E-state index is 14.1. The van der Waals surface area contributed by atoms with E-state index in [9.17, 15) is 19.5 Å². The molecule has 2 heterocycles. The van der Waals surface area contributed by atoms with Crippen LogP contribution < -0.4 is 10.2 Å². The number of phenols is 1. The van der Waals surface area contributed by atoms with E-state index < -0.39 is 12.2 Å². The first kappa shape index (κ1) is 29.2. The number of anilines is 1. The molecule has 1 unspecified atom stereocenters. The second-order valence-electron chi connectivity index (χ2n) is 10.8. The number of nitrogens with zero attached hydrogens (tertiary/aromatic N) is 5. The van der Waals surface area contributed by atoms with Gasteiger partial charge in [-0.1, -0.05) is 66.2 Å². The molecule has 0 aromatic heterocycles. The molecule has 42 heavy (non-hydrogen) atoms. The Labute approximate surface area is 250 Å². The summed E-state index contributed by atoms with van der Waals surface area (Å²) < 4.78 is 0. The summed E-state index contributed by atoms with van der Waals surface area (Å²) in [4.78, 5) is 46.5. The van der Waals surface area contributed by atoms with Gasteiger partial charge < -0.3 is 25.1 Å². The number of hydrogen-bond donors (Lipinski definition) is 2. The lowest BCUT2D eigenvalue weighted by Gasteiger charge is -2.54. The zero-order valence-corrected chi connectivity index (χ0v) is 24.7. The van der Waals surface area contributed by atoms with E-state index in [2.05, 4.69) is 5.32 Å². The third-order valence-electron chi connectivity index (χ3n) is 7.68. The lowest BCUT2D eigenvalue weighted by Crippen LogP contribution is -2.76. The molecule has 4 amide bonds. The first-order chi connectivity index (χ1) is 20.1. The molecule has 3 aromatic rings. The highest BCUT2D eigenvalue weighted by Gasteiger charge is 2.50. The first-order valence-electron chi connectivity index (χ1n) is 13.8. The molecule has 3 aromatic carbocycles. The Morgan fingerprint density at radius 1 is 1.00 bits per heavy atom. The minimum absolute atomic E-state index is 0.0479. The Balaban J connectivity index is 1.49. The number of nitrogens with one attached hydrogen (secondary N) is 1. The van der Waals surface area contributed by atoms with Crippen LogP contribution in [0.3, 0.4) is 0 Å². The molecule has 0 spiro atoms. The summed E-state index contributed by atoms with van der Waals surface area (Å²) in [6, 6.07) is 20.6. The number of fused-ring (bicyclic) bond motifs is 1. The van der Waals surface area contributed by atoms with E-state index in [4.69, 9.17) is 11.6 Å². The average Bonchev–Trinajstić information content (AvgIpc) is 2.95. The SMILES string of the molecule is CN(C)c1c(Cl)cccc1CN1CC2N(C(=O)CN(C)N2C(=O)NCc2ccccc2)[C@@H](Cc2ccc(O)cc2)C1=O. The summed E-state index contributed by atoms with van der Waals surface area (Å²) in [6.07, 6.45) is -0.495. The molecule has 11 heteroatoms. The molecule has 220 valence electrons. The monoisotopic (exact) mass is 590 g/mol. The van der Waals surface area contributed by atoms with Crippen molar-refractivity contribution < 1.29 is 19.5 Å². The summed E-state index contributed by atoms with van der Waals surface area (Å²) in [5, 5.41) is 16.5. The van der Waals surface area contributed by atoms with Crippen LogP contribution in [0.5, 0.6) is 5.75 Å². The predicted octanol–water partition coefficient (Wildman–Crippen LogP) is 3.29. The molecule has 2 aliphatic rings. The van der Waals surface area contributed by atoms with Crippen molar-refractivity contribution in [3.8, 4) is 5.75 Å². The number of aromatic hydroxyl groups is 1. The Morgan fingerprint density at radius 2 is 1.71 bits per heavy atom. The predicted molar refractivity (Wildman–Crippen MR) is 161 cm³/mol. The molecule has 0 bridgehead atoms. The van der Waals surface area contributed by atoms with Crippen LogP contribution in [0.4, 0.5) is 10.5 Å². The highest BCUT2D eigenvalue weighted by molar-refractivity contribution is 6.33. The van der Waals surface area contributed by atoms with Crippen LogP contribution in [0.15, 0.2) is 72.8 Å². The number of hydrogen-bond acceptors (Lipinski definition) is 6. The van der Waals surface area contributed by atoms with E-state index in [0.29, 0.717) is 11.6 Å². The van der Waals surface area contributed by atoms with Crippen molar-refractivity contribution in [2.24, 2.45) is 0 Å². The third-order valence-corrected chi connectivity index (χ3v) is 7.98. The molecular weight excluding hydrogens is 556 g/mol. The number of hydrazine groups is 1. The van der Waals surface area contributed by atoms with E-state index in [1.165, 1.54) is 0 Å². The topological polar surface area (TPSA) is 99.7 Å². The first-order valence-corrected chi connectivity index (χ1v) is 14.2. The third kappa shape index (κ3) is 6.00. The Kier molecular flexibility index (Phi) is 8.56. The lowest BCUT2D eigenvalue weighted by atomic mass is 9.98. The molecule has 5 rings (SSSR count). The summed E-state index contributed by atoms with van der Waals surface area (Å²) in [5.74, 6) is -0.336. The fraction of sp³-hybridized carbons (Fsp3) is 0.323. The zero-order chi connectivity index (χ0) is 30.0. The number of likely N-dealkylation sites (N-methyl/N-ethyl adjacent to an activating group) is 1. The molecule has 0 saturated carbocycles. The highest BCUT2D eigenvalue weighted by Crippen LogP contribution is 2.33. The van der Waals surface area contributed by atoms with Gasteiger partial charge in [0, 0.05) is 40.7 Å². The van der Waals surface area contributed by atoms with Crippen molar-refractivity contribution in [1.29, 1.82) is 0 Å². The maximum absolute atomic E-state index is 14.1. The van der Waals surface area contributed by atoms with Crippen LogP contribution in [-0.2, 0) is 29.1 Å². The van der Waals surface area contributed by atoms with Crippen molar-refractivity contribution in [1.82, 2.24) is 25.1 Å². The Morgan fingerprint density at radius 3 is 2.40 bits per heavy atom. The van der Waals surface area contributed by atoms with E-state index in [1.807, 2.05) is 61.5 Å². The Hall–Kier alpha value is -4.28. The van der Waals surface area contributed by atoms with Gasteiger partial charge in [-0.25, -0.2) is 14.8 Å². The van der Waals surface area contributed by atoms with Crippen LogP contribution >= 0.6 is 11.6 Å². The Bertz CT molecular complexity index is 1450. The summed E-state index contributed by atoms with van der Waals surface area (Å²) in [7, 11) is 5.49. The van der Waals surface area contributed by atoms with Gasteiger partial charge in [-0.05, 0) is 34.9 Å². The fourth-order valence-electron chi connectivity index (χ4n) is 5.75. The molecule has 0 aliphatic carbocycles. The van der Waals surface area contributed by atoms with Gasteiger partial charge in [-0.15, -0.1) is 0 Å². The summed E-state index contributed by atoms with van der Waals surface area (Å²) in [6.45, 7) is 0.645. The van der Waals surface area contributed by atoms with Crippen molar-refractivity contribution >= 4 is 35.1 Å². The van der Waals surface area contributed by atoms with Gasteiger partial charge in [0.25, 0.3) is 0 Å².